The second kappa shape index (κ2) is 4.89. The largest absolute Gasteiger partial charge is 0.329 e. The number of nitrogens with two attached hydrogens (primary N) is 1. The Kier molecular flexibility index (Phi) is 3.84. The molecule has 0 heterocycles. The first-order valence-corrected chi connectivity index (χ1v) is 7.43. The van der Waals surface area contributed by atoms with Crippen LogP contribution in [0.4, 0.5) is 0 Å². The Labute approximate surface area is 107 Å². The molecule has 2 atom stereocenters. The first kappa shape index (κ1) is 13.4. The molecule has 100 valence electrons. The second-order valence-corrected chi connectivity index (χ2v) is 7.40. The first-order chi connectivity index (χ1) is 7.95. The molecule has 2 aliphatic carbocycles. The Morgan fingerprint density at radius 3 is 2.35 bits per heavy atom. The van der Waals surface area contributed by atoms with Crippen molar-refractivity contribution in [2.45, 2.75) is 77.3 Å². The van der Waals surface area contributed by atoms with E-state index >= 15 is 0 Å². The predicted octanol–water partition coefficient (Wildman–Crippen LogP) is 3.06. The van der Waals surface area contributed by atoms with Crippen molar-refractivity contribution < 1.29 is 0 Å². The highest BCUT2D eigenvalue weighted by atomic mass is 15.1. The molecule has 0 spiro atoms. The van der Waals surface area contributed by atoms with Gasteiger partial charge >= 0.3 is 0 Å². The van der Waals surface area contributed by atoms with Gasteiger partial charge in [-0.15, -0.1) is 0 Å². The van der Waals surface area contributed by atoms with Crippen LogP contribution in [0.3, 0.4) is 0 Å². The SMILES string of the molecule is CC(C)(C)C1CCCC(CN)(NC2CC2)CC1. The Bertz CT molecular complexity index is 252. The maximum atomic E-state index is 6.08. The third-order valence-electron chi connectivity index (χ3n) is 4.88. The number of hydrogen-bond donors (Lipinski definition) is 2. The van der Waals surface area contributed by atoms with Crippen molar-refractivity contribution in [2.75, 3.05) is 6.54 Å². The van der Waals surface area contributed by atoms with Crippen LogP contribution in [0.25, 0.3) is 0 Å². The molecule has 0 aromatic carbocycles. The van der Waals surface area contributed by atoms with Crippen LogP contribution in [-0.4, -0.2) is 18.1 Å². The fourth-order valence-corrected chi connectivity index (χ4v) is 3.34. The molecular formula is C15H30N2. The van der Waals surface area contributed by atoms with Gasteiger partial charge in [0.15, 0.2) is 0 Å². The molecule has 2 saturated carbocycles. The van der Waals surface area contributed by atoms with E-state index in [4.69, 9.17) is 5.73 Å². The number of rotatable bonds is 3. The summed E-state index contributed by atoms with van der Waals surface area (Å²) in [4.78, 5) is 0. The van der Waals surface area contributed by atoms with E-state index in [9.17, 15) is 0 Å². The summed E-state index contributed by atoms with van der Waals surface area (Å²) in [5.41, 5.74) is 6.80. The van der Waals surface area contributed by atoms with Crippen LogP contribution >= 0.6 is 0 Å². The molecule has 0 aromatic heterocycles. The Morgan fingerprint density at radius 1 is 1.12 bits per heavy atom. The minimum absolute atomic E-state index is 0.265. The van der Waals surface area contributed by atoms with E-state index in [1.807, 2.05) is 0 Å². The third kappa shape index (κ3) is 3.45. The molecule has 0 bridgehead atoms. The molecule has 2 rings (SSSR count). The van der Waals surface area contributed by atoms with Gasteiger partial charge in [-0.1, -0.05) is 27.2 Å². The van der Waals surface area contributed by atoms with Crippen molar-refractivity contribution >= 4 is 0 Å². The summed E-state index contributed by atoms with van der Waals surface area (Å²) in [6, 6.07) is 0.782. The molecular weight excluding hydrogens is 208 g/mol. The van der Waals surface area contributed by atoms with Crippen molar-refractivity contribution in [2.24, 2.45) is 17.1 Å². The fraction of sp³-hybridized carbons (Fsp3) is 1.00. The summed E-state index contributed by atoms with van der Waals surface area (Å²) >= 11 is 0. The molecule has 2 unspecified atom stereocenters. The van der Waals surface area contributed by atoms with Crippen LogP contribution in [0.1, 0.15) is 65.7 Å². The summed E-state index contributed by atoms with van der Waals surface area (Å²) in [6.45, 7) is 7.99. The maximum Gasteiger partial charge on any atom is 0.0306 e. The van der Waals surface area contributed by atoms with E-state index in [0.29, 0.717) is 5.41 Å². The lowest BCUT2D eigenvalue weighted by atomic mass is 9.76. The zero-order valence-electron chi connectivity index (χ0n) is 11.9. The standard InChI is InChI=1S/C15H30N2/c1-14(2,3)12-5-4-9-15(11-16,10-8-12)17-13-6-7-13/h12-13,17H,4-11,16H2,1-3H3. The third-order valence-corrected chi connectivity index (χ3v) is 4.88. The molecule has 0 aliphatic heterocycles. The van der Waals surface area contributed by atoms with Gasteiger partial charge < -0.3 is 11.1 Å². The maximum absolute atomic E-state index is 6.08. The zero-order chi connectivity index (χ0) is 12.5. The number of nitrogens with one attached hydrogen (secondary N) is 1. The predicted molar refractivity (Wildman–Crippen MR) is 74.0 cm³/mol. The molecule has 2 aliphatic rings. The summed E-state index contributed by atoms with van der Waals surface area (Å²) in [5.74, 6) is 0.872. The molecule has 3 N–H and O–H groups in total. The highest BCUT2D eigenvalue weighted by Gasteiger charge is 2.38. The number of hydrogen-bond acceptors (Lipinski definition) is 2. The van der Waals surface area contributed by atoms with Crippen molar-refractivity contribution in [3.63, 3.8) is 0 Å². The van der Waals surface area contributed by atoms with E-state index < -0.39 is 0 Å². The van der Waals surface area contributed by atoms with Crippen LogP contribution in [0, 0.1) is 11.3 Å². The van der Waals surface area contributed by atoms with Gasteiger partial charge in [-0.25, -0.2) is 0 Å². The minimum atomic E-state index is 0.265. The van der Waals surface area contributed by atoms with Crippen molar-refractivity contribution in [1.82, 2.24) is 5.32 Å². The Hall–Kier alpha value is -0.0800. The van der Waals surface area contributed by atoms with Crippen LogP contribution in [0.5, 0.6) is 0 Å². The van der Waals surface area contributed by atoms with Gasteiger partial charge in [0.2, 0.25) is 0 Å². The average Bonchev–Trinajstić information content (AvgIpc) is 3.04. The minimum Gasteiger partial charge on any atom is -0.329 e. The summed E-state index contributed by atoms with van der Waals surface area (Å²) < 4.78 is 0. The van der Waals surface area contributed by atoms with Gasteiger partial charge in [0.1, 0.15) is 0 Å². The Morgan fingerprint density at radius 2 is 1.82 bits per heavy atom. The molecule has 2 fully saturated rings. The van der Waals surface area contributed by atoms with Crippen LogP contribution in [0.2, 0.25) is 0 Å². The van der Waals surface area contributed by atoms with Crippen molar-refractivity contribution in [3.05, 3.63) is 0 Å². The van der Waals surface area contributed by atoms with Crippen LogP contribution in [0.15, 0.2) is 0 Å². The van der Waals surface area contributed by atoms with Crippen molar-refractivity contribution in [3.8, 4) is 0 Å². The van der Waals surface area contributed by atoms with Gasteiger partial charge in [-0.2, -0.15) is 0 Å². The molecule has 17 heavy (non-hydrogen) atoms. The topological polar surface area (TPSA) is 38.0 Å². The average molecular weight is 238 g/mol. The lowest BCUT2D eigenvalue weighted by Gasteiger charge is -2.34. The van der Waals surface area contributed by atoms with Gasteiger partial charge in [-0.05, 0) is 49.9 Å². The summed E-state index contributed by atoms with van der Waals surface area (Å²) in [6.07, 6.45) is 9.38. The van der Waals surface area contributed by atoms with E-state index in [-0.39, 0.29) is 5.54 Å². The molecule has 2 heteroatoms. The monoisotopic (exact) mass is 238 g/mol. The fourth-order valence-electron chi connectivity index (χ4n) is 3.34. The molecule has 0 saturated heterocycles. The molecule has 0 radical (unpaired) electrons. The zero-order valence-corrected chi connectivity index (χ0v) is 11.9. The molecule has 2 nitrogen and oxygen atoms in total. The highest BCUT2D eigenvalue weighted by molar-refractivity contribution is 4.98. The Balaban J connectivity index is 1.96. The normalized spacial score (nSPS) is 35.6. The smallest absolute Gasteiger partial charge is 0.0306 e. The van der Waals surface area contributed by atoms with Gasteiger partial charge in [0, 0.05) is 18.1 Å². The van der Waals surface area contributed by atoms with E-state index in [0.717, 1.165) is 18.5 Å². The van der Waals surface area contributed by atoms with E-state index in [1.54, 1.807) is 0 Å². The lowest BCUT2D eigenvalue weighted by molar-refractivity contribution is 0.206. The molecule has 0 aromatic rings. The van der Waals surface area contributed by atoms with E-state index in [2.05, 4.69) is 26.1 Å². The van der Waals surface area contributed by atoms with Gasteiger partial charge in [-0.3, -0.25) is 0 Å². The summed E-state index contributed by atoms with van der Waals surface area (Å²) in [5, 5.41) is 3.84. The lowest BCUT2D eigenvalue weighted by Crippen LogP contribution is -2.51. The molecule has 0 amide bonds. The van der Waals surface area contributed by atoms with Gasteiger partial charge in [0.25, 0.3) is 0 Å². The highest BCUT2D eigenvalue weighted by Crippen LogP contribution is 2.40. The first-order valence-electron chi connectivity index (χ1n) is 7.43. The van der Waals surface area contributed by atoms with Crippen LogP contribution in [-0.2, 0) is 0 Å². The second-order valence-electron chi connectivity index (χ2n) is 7.40. The quantitative estimate of drug-likeness (QED) is 0.742. The van der Waals surface area contributed by atoms with Crippen LogP contribution < -0.4 is 11.1 Å². The van der Waals surface area contributed by atoms with Crippen molar-refractivity contribution in [1.29, 1.82) is 0 Å². The van der Waals surface area contributed by atoms with E-state index in [1.165, 1.54) is 44.9 Å². The summed E-state index contributed by atoms with van der Waals surface area (Å²) in [7, 11) is 0. The van der Waals surface area contributed by atoms with Gasteiger partial charge in [0.05, 0.1) is 0 Å².